The van der Waals surface area contributed by atoms with E-state index in [1.54, 1.807) is 24.4 Å². The average molecular weight is 497 g/mol. The first kappa shape index (κ1) is 29.5. The number of nitrogens with zero attached hydrogens (tertiary/aromatic N) is 2. The molecule has 1 saturated heterocycles. The monoisotopic (exact) mass is 496 g/mol. The van der Waals surface area contributed by atoms with E-state index in [-0.39, 0.29) is 42.1 Å². The largest absolute Gasteiger partial charge is 0.347 e. The summed E-state index contributed by atoms with van der Waals surface area (Å²) < 4.78 is 0. The molecule has 1 atom stereocenters. The quantitative estimate of drug-likeness (QED) is 0.601. The van der Waals surface area contributed by atoms with Gasteiger partial charge in [-0.2, -0.15) is 0 Å². The van der Waals surface area contributed by atoms with Gasteiger partial charge in [-0.15, -0.1) is 0 Å². The van der Waals surface area contributed by atoms with Crippen molar-refractivity contribution in [2.24, 2.45) is 0 Å². The topological polar surface area (TPSA) is 160 Å². The second kappa shape index (κ2) is 14.0. The van der Waals surface area contributed by atoms with Crippen molar-refractivity contribution in [2.45, 2.75) is 46.2 Å². The molecule has 36 heavy (non-hydrogen) atoms. The van der Waals surface area contributed by atoms with Gasteiger partial charge >= 0.3 is 0 Å². The number of amides is 5. The zero-order valence-electron chi connectivity index (χ0n) is 20.3. The number of aryl methyl sites for hydroxylation is 1. The molecule has 2 aliphatic heterocycles. The number of nitrogens with one attached hydrogen (secondary N) is 2. The highest BCUT2D eigenvalue weighted by atomic mass is 16.2. The molecule has 0 spiro atoms. The standard InChI is InChI=1S/C21H18N4O5.C2H6.2CH2O/c1-11-2-5-15(22-9-11)18(27)23-10-12-3-4-13-14(8-12)21(30)25(20(13)29)16-6-7-17(26)24-19(16)28;3*1-2/h2-5,8-9,16H,6-7,10H2,1H3,(H,23,27)(H,24,26,28);1-2H3;2*1H2. The van der Waals surface area contributed by atoms with E-state index in [2.05, 4.69) is 15.6 Å². The molecule has 2 aliphatic rings. The summed E-state index contributed by atoms with van der Waals surface area (Å²) in [6.45, 7) is 10.0. The van der Waals surface area contributed by atoms with Crippen LogP contribution in [0.3, 0.4) is 0 Å². The van der Waals surface area contributed by atoms with Gasteiger partial charge in [-0.25, -0.2) is 0 Å². The van der Waals surface area contributed by atoms with Crippen LogP contribution in [0.15, 0.2) is 36.5 Å². The average Bonchev–Trinajstić information content (AvgIpc) is 3.16. The minimum Gasteiger partial charge on any atom is -0.347 e. The van der Waals surface area contributed by atoms with Gasteiger partial charge in [-0.3, -0.25) is 39.2 Å². The molecule has 1 fully saturated rings. The second-order valence-electron chi connectivity index (χ2n) is 7.23. The van der Waals surface area contributed by atoms with Crippen LogP contribution in [-0.4, -0.2) is 59.0 Å². The van der Waals surface area contributed by atoms with Crippen molar-refractivity contribution in [3.05, 3.63) is 64.5 Å². The first-order valence-electron chi connectivity index (χ1n) is 11.0. The summed E-state index contributed by atoms with van der Waals surface area (Å²) >= 11 is 0. The molecule has 0 saturated carbocycles. The van der Waals surface area contributed by atoms with Crippen molar-refractivity contribution >= 4 is 43.1 Å². The predicted octanol–water partition coefficient (Wildman–Crippen LogP) is 1.38. The summed E-state index contributed by atoms with van der Waals surface area (Å²) in [6.07, 6.45) is 1.76. The Balaban J connectivity index is 0.00000101. The number of carbonyl (C=O) groups excluding carboxylic acids is 7. The summed E-state index contributed by atoms with van der Waals surface area (Å²) in [5, 5.41) is 4.89. The highest BCUT2D eigenvalue weighted by molar-refractivity contribution is 6.23. The van der Waals surface area contributed by atoms with Crippen molar-refractivity contribution in [1.29, 1.82) is 0 Å². The van der Waals surface area contributed by atoms with E-state index in [1.807, 2.05) is 34.3 Å². The zero-order chi connectivity index (χ0) is 27.4. The Morgan fingerprint density at radius 1 is 1.03 bits per heavy atom. The van der Waals surface area contributed by atoms with Gasteiger partial charge in [0.2, 0.25) is 11.8 Å². The van der Waals surface area contributed by atoms with Gasteiger partial charge in [0, 0.05) is 19.2 Å². The van der Waals surface area contributed by atoms with Crippen LogP contribution in [0.5, 0.6) is 0 Å². The third kappa shape index (κ3) is 6.53. The van der Waals surface area contributed by atoms with Gasteiger partial charge in [0.05, 0.1) is 11.1 Å². The fourth-order valence-corrected chi connectivity index (χ4v) is 3.50. The van der Waals surface area contributed by atoms with Crippen LogP contribution in [-0.2, 0) is 25.7 Å². The van der Waals surface area contributed by atoms with Crippen LogP contribution >= 0.6 is 0 Å². The summed E-state index contributed by atoms with van der Waals surface area (Å²) in [5.41, 5.74) is 2.20. The molecule has 1 unspecified atom stereocenters. The minimum absolute atomic E-state index is 0.0636. The van der Waals surface area contributed by atoms with Crippen molar-refractivity contribution in [1.82, 2.24) is 20.5 Å². The highest BCUT2D eigenvalue weighted by Gasteiger charge is 2.44. The number of carbonyl (C=O) groups is 7. The first-order valence-corrected chi connectivity index (χ1v) is 11.0. The van der Waals surface area contributed by atoms with Gasteiger partial charge < -0.3 is 14.9 Å². The van der Waals surface area contributed by atoms with Crippen LogP contribution < -0.4 is 10.6 Å². The number of benzene rings is 1. The maximum absolute atomic E-state index is 12.8. The van der Waals surface area contributed by atoms with E-state index in [4.69, 9.17) is 9.59 Å². The van der Waals surface area contributed by atoms with Crippen LogP contribution in [0.1, 0.15) is 69.0 Å². The van der Waals surface area contributed by atoms with E-state index in [0.29, 0.717) is 5.56 Å². The van der Waals surface area contributed by atoms with E-state index in [9.17, 15) is 24.0 Å². The van der Waals surface area contributed by atoms with E-state index >= 15 is 0 Å². The zero-order valence-corrected chi connectivity index (χ0v) is 20.3. The Morgan fingerprint density at radius 3 is 2.25 bits per heavy atom. The lowest BCUT2D eigenvalue weighted by Crippen LogP contribution is -2.54. The number of aromatic nitrogens is 1. The summed E-state index contributed by atoms with van der Waals surface area (Å²) in [5.74, 6) is -2.59. The molecule has 0 radical (unpaired) electrons. The molecule has 0 aliphatic carbocycles. The lowest BCUT2D eigenvalue weighted by molar-refractivity contribution is -0.136. The summed E-state index contributed by atoms with van der Waals surface area (Å²) in [4.78, 5) is 82.2. The highest BCUT2D eigenvalue weighted by Crippen LogP contribution is 2.28. The lowest BCUT2D eigenvalue weighted by Gasteiger charge is -2.27. The molecule has 2 N–H and O–H groups in total. The second-order valence-corrected chi connectivity index (χ2v) is 7.23. The maximum atomic E-state index is 12.8. The molecule has 190 valence electrons. The van der Waals surface area contributed by atoms with Crippen molar-refractivity contribution in [3.8, 4) is 0 Å². The van der Waals surface area contributed by atoms with Gasteiger partial charge in [0.1, 0.15) is 25.3 Å². The van der Waals surface area contributed by atoms with Crippen LogP contribution in [0.2, 0.25) is 0 Å². The summed E-state index contributed by atoms with van der Waals surface area (Å²) in [7, 11) is 0. The number of hydrogen-bond donors (Lipinski definition) is 2. The van der Waals surface area contributed by atoms with Crippen molar-refractivity contribution in [2.75, 3.05) is 0 Å². The minimum atomic E-state index is -1.01. The molecule has 5 amide bonds. The number of rotatable bonds is 4. The fraction of sp³-hybridized carbons (Fsp3) is 0.280. The third-order valence-corrected chi connectivity index (χ3v) is 5.10. The van der Waals surface area contributed by atoms with Crippen LogP contribution in [0.25, 0.3) is 0 Å². The van der Waals surface area contributed by atoms with E-state index in [1.165, 1.54) is 12.1 Å². The van der Waals surface area contributed by atoms with Crippen LogP contribution in [0, 0.1) is 6.92 Å². The maximum Gasteiger partial charge on any atom is 0.270 e. The number of hydrogen-bond acceptors (Lipinski definition) is 8. The lowest BCUT2D eigenvalue weighted by atomic mass is 10.0. The third-order valence-electron chi connectivity index (χ3n) is 5.10. The predicted molar refractivity (Wildman–Crippen MR) is 129 cm³/mol. The smallest absolute Gasteiger partial charge is 0.270 e. The molecule has 1 aromatic heterocycles. The van der Waals surface area contributed by atoms with Gasteiger partial charge in [-0.05, 0) is 42.7 Å². The SMILES string of the molecule is C=O.C=O.CC.Cc1ccc(C(=O)NCc2ccc3c(c2)C(=O)N(C2CCC(=O)NC2=O)C3=O)nc1. The van der Waals surface area contributed by atoms with Crippen molar-refractivity contribution < 1.29 is 33.6 Å². The molecule has 1 aromatic carbocycles. The molecule has 3 heterocycles. The Kier molecular flexibility index (Phi) is 11.5. The number of pyridine rings is 1. The molecular weight excluding hydrogens is 468 g/mol. The Bertz CT molecular complexity index is 1130. The van der Waals surface area contributed by atoms with E-state index in [0.717, 1.165) is 10.5 Å². The van der Waals surface area contributed by atoms with Crippen molar-refractivity contribution in [3.63, 3.8) is 0 Å². The van der Waals surface area contributed by atoms with Gasteiger partial charge in [0.25, 0.3) is 17.7 Å². The molecule has 0 bridgehead atoms. The molecular formula is C25H28N4O7. The van der Waals surface area contributed by atoms with Gasteiger partial charge in [0.15, 0.2) is 0 Å². The molecule has 2 aromatic rings. The Labute approximate surface area is 208 Å². The molecule has 11 nitrogen and oxygen atoms in total. The summed E-state index contributed by atoms with van der Waals surface area (Å²) in [6, 6.07) is 7.07. The number of imide groups is 2. The van der Waals surface area contributed by atoms with Crippen LogP contribution in [0.4, 0.5) is 0 Å². The van der Waals surface area contributed by atoms with E-state index < -0.39 is 29.7 Å². The number of piperidine rings is 1. The Hall–Kier alpha value is -4.54. The van der Waals surface area contributed by atoms with Gasteiger partial charge in [-0.1, -0.05) is 26.0 Å². The first-order chi connectivity index (χ1) is 17.3. The normalized spacial score (nSPS) is 15.6. The molecule has 11 heteroatoms. The molecule has 4 rings (SSSR count). The Morgan fingerprint density at radius 2 is 1.67 bits per heavy atom. The fourth-order valence-electron chi connectivity index (χ4n) is 3.50. The number of fused-ring (bicyclic) bond motifs is 1.